The molecule has 112 valence electrons. The molecule has 1 aromatic heterocycles. The lowest BCUT2D eigenvalue weighted by molar-refractivity contribution is -0.137. The van der Waals surface area contributed by atoms with Crippen molar-refractivity contribution in [2.75, 3.05) is 14.1 Å². The van der Waals surface area contributed by atoms with Gasteiger partial charge in [0.15, 0.2) is 5.82 Å². The van der Waals surface area contributed by atoms with Crippen molar-refractivity contribution in [1.82, 2.24) is 19.8 Å². The number of hydrogen-bond acceptors (Lipinski definition) is 6. The molecule has 9 nitrogen and oxygen atoms in total. The molecular weight excluding hydrogens is 278 g/mol. The van der Waals surface area contributed by atoms with E-state index in [1.54, 1.807) is 21.0 Å². The predicted octanol–water partition coefficient (Wildman–Crippen LogP) is -0.935. The molecule has 1 aliphatic heterocycles. The molecular formula is C12H15N5O4. The third-order valence-electron chi connectivity index (χ3n) is 3.13. The van der Waals surface area contributed by atoms with E-state index in [9.17, 15) is 14.4 Å². The summed E-state index contributed by atoms with van der Waals surface area (Å²) in [6.45, 7) is 1.64. The fourth-order valence-corrected chi connectivity index (χ4v) is 2.03. The first-order valence-corrected chi connectivity index (χ1v) is 6.30. The number of likely N-dealkylation sites (N-methyl/N-ethyl adjacent to an activating group) is 1. The van der Waals surface area contributed by atoms with Crippen molar-refractivity contribution in [3.63, 3.8) is 0 Å². The number of fused-ring (bicyclic) bond motifs is 1. The molecule has 0 bridgehead atoms. The highest BCUT2D eigenvalue weighted by atomic mass is 16.4. The van der Waals surface area contributed by atoms with E-state index in [4.69, 9.17) is 5.11 Å². The SMILES string of the molecule is CC1=Nn2c(nnc(CCC(=O)O)c2=O)C1C(=O)N(C)C. The summed E-state index contributed by atoms with van der Waals surface area (Å²) in [7, 11) is 3.20. The Balaban J connectivity index is 2.41. The lowest BCUT2D eigenvalue weighted by Crippen LogP contribution is -2.33. The molecule has 0 spiro atoms. The van der Waals surface area contributed by atoms with Crippen molar-refractivity contribution in [1.29, 1.82) is 0 Å². The summed E-state index contributed by atoms with van der Waals surface area (Å²) in [5.74, 6) is -1.83. The summed E-state index contributed by atoms with van der Waals surface area (Å²) in [5, 5.41) is 20.3. The normalized spacial score (nSPS) is 16.3. The summed E-state index contributed by atoms with van der Waals surface area (Å²) in [5.41, 5.74) is -0.0548. The van der Waals surface area contributed by atoms with Gasteiger partial charge in [0, 0.05) is 20.5 Å². The Morgan fingerprint density at radius 1 is 1.33 bits per heavy atom. The first-order valence-electron chi connectivity index (χ1n) is 6.30. The topological polar surface area (TPSA) is 118 Å². The molecule has 1 amide bonds. The molecule has 1 N–H and O–H groups in total. The number of amides is 1. The van der Waals surface area contributed by atoms with Crippen molar-refractivity contribution in [3.05, 3.63) is 21.9 Å². The Kier molecular flexibility index (Phi) is 3.83. The monoisotopic (exact) mass is 293 g/mol. The Hall–Kier alpha value is -2.58. The number of carbonyl (C=O) groups excluding carboxylic acids is 1. The van der Waals surface area contributed by atoms with E-state index in [0.29, 0.717) is 5.71 Å². The minimum atomic E-state index is -1.03. The van der Waals surface area contributed by atoms with Crippen LogP contribution in [-0.4, -0.2) is 56.6 Å². The van der Waals surface area contributed by atoms with Gasteiger partial charge >= 0.3 is 5.97 Å². The first-order chi connectivity index (χ1) is 9.82. The summed E-state index contributed by atoms with van der Waals surface area (Å²) in [6, 6.07) is 0. The molecule has 9 heteroatoms. The van der Waals surface area contributed by atoms with Gasteiger partial charge in [0.25, 0.3) is 5.56 Å². The van der Waals surface area contributed by atoms with Crippen molar-refractivity contribution in [2.24, 2.45) is 5.10 Å². The van der Waals surface area contributed by atoms with Crippen LogP contribution in [0.4, 0.5) is 0 Å². The molecule has 0 fully saturated rings. The Bertz CT molecular complexity index is 691. The lowest BCUT2D eigenvalue weighted by atomic mass is 10.0. The zero-order valence-corrected chi connectivity index (χ0v) is 11.9. The van der Waals surface area contributed by atoms with Crippen LogP contribution in [0.25, 0.3) is 0 Å². The molecule has 1 unspecified atom stereocenters. The van der Waals surface area contributed by atoms with Crippen LogP contribution in [0, 0.1) is 0 Å². The second kappa shape index (κ2) is 5.43. The van der Waals surface area contributed by atoms with Crippen LogP contribution in [-0.2, 0) is 16.0 Å². The number of aliphatic carboxylic acids is 1. The second-order valence-corrected chi connectivity index (χ2v) is 4.92. The number of hydrogen-bond donors (Lipinski definition) is 1. The molecule has 2 rings (SSSR count). The van der Waals surface area contributed by atoms with Gasteiger partial charge in [0.1, 0.15) is 11.6 Å². The van der Waals surface area contributed by atoms with Crippen molar-refractivity contribution >= 4 is 17.6 Å². The molecule has 21 heavy (non-hydrogen) atoms. The van der Waals surface area contributed by atoms with E-state index >= 15 is 0 Å². The van der Waals surface area contributed by atoms with Gasteiger partial charge in [-0.1, -0.05) is 0 Å². The van der Waals surface area contributed by atoms with Crippen LogP contribution in [0.1, 0.15) is 30.8 Å². The first kappa shape index (κ1) is 14.8. The van der Waals surface area contributed by atoms with E-state index in [2.05, 4.69) is 15.3 Å². The third kappa shape index (κ3) is 2.67. The molecule has 0 aliphatic carbocycles. The molecule has 1 aliphatic rings. The van der Waals surface area contributed by atoms with Crippen molar-refractivity contribution in [2.45, 2.75) is 25.7 Å². The smallest absolute Gasteiger partial charge is 0.303 e. The van der Waals surface area contributed by atoms with Gasteiger partial charge in [-0.15, -0.1) is 10.2 Å². The average Bonchev–Trinajstić information content (AvgIpc) is 2.74. The molecule has 1 atom stereocenters. The molecule has 0 aromatic carbocycles. The number of rotatable bonds is 4. The number of aromatic nitrogens is 3. The van der Waals surface area contributed by atoms with Gasteiger partial charge < -0.3 is 10.0 Å². The highest BCUT2D eigenvalue weighted by Gasteiger charge is 2.35. The van der Waals surface area contributed by atoms with E-state index in [0.717, 1.165) is 4.68 Å². The van der Waals surface area contributed by atoms with Crippen LogP contribution >= 0.6 is 0 Å². The standard InChI is InChI=1S/C12H15N5O4/c1-6-9(12(21)16(2)3)10-14-13-7(4-5-8(18)19)11(20)17(10)15-6/h9H,4-5H2,1-3H3,(H,18,19). The van der Waals surface area contributed by atoms with Crippen LogP contribution in [0.3, 0.4) is 0 Å². The van der Waals surface area contributed by atoms with E-state index in [-0.39, 0.29) is 30.3 Å². The fraction of sp³-hybridized carbons (Fsp3) is 0.500. The Labute approximate surface area is 119 Å². The molecule has 0 saturated carbocycles. The highest BCUT2D eigenvalue weighted by Crippen LogP contribution is 2.22. The number of carbonyl (C=O) groups is 2. The number of nitrogens with zero attached hydrogens (tertiary/aromatic N) is 5. The van der Waals surface area contributed by atoms with E-state index < -0.39 is 17.4 Å². The van der Waals surface area contributed by atoms with Gasteiger partial charge in [-0.05, 0) is 6.92 Å². The highest BCUT2D eigenvalue weighted by molar-refractivity contribution is 6.08. The zero-order valence-electron chi connectivity index (χ0n) is 11.9. The van der Waals surface area contributed by atoms with Crippen LogP contribution in [0.5, 0.6) is 0 Å². The summed E-state index contributed by atoms with van der Waals surface area (Å²) >= 11 is 0. The molecule has 1 aromatic rings. The van der Waals surface area contributed by atoms with Gasteiger partial charge in [-0.25, -0.2) is 0 Å². The maximum absolute atomic E-state index is 12.2. The maximum Gasteiger partial charge on any atom is 0.303 e. The largest absolute Gasteiger partial charge is 0.481 e. The zero-order chi connectivity index (χ0) is 15.7. The summed E-state index contributed by atoms with van der Waals surface area (Å²) < 4.78 is 1.03. The number of aryl methyl sites for hydroxylation is 1. The number of carboxylic acids is 1. The second-order valence-electron chi connectivity index (χ2n) is 4.92. The minimum absolute atomic E-state index is 0.0238. The van der Waals surface area contributed by atoms with Crippen LogP contribution in [0.15, 0.2) is 9.90 Å². The lowest BCUT2D eigenvalue weighted by Gasteiger charge is -2.15. The summed E-state index contributed by atoms with van der Waals surface area (Å²) in [4.78, 5) is 36.3. The molecule has 2 heterocycles. The fourth-order valence-electron chi connectivity index (χ4n) is 2.03. The summed E-state index contributed by atoms with van der Waals surface area (Å²) in [6.07, 6.45) is -0.242. The Morgan fingerprint density at radius 2 is 2.00 bits per heavy atom. The van der Waals surface area contributed by atoms with Crippen LogP contribution in [0.2, 0.25) is 0 Å². The quantitative estimate of drug-likeness (QED) is 0.766. The van der Waals surface area contributed by atoms with E-state index in [1.807, 2.05) is 0 Å². The van der Waals surface area contributed by atoms with Crippen molar-refractivity contribution in [3.8, 4) is 0 Å². The van der Waals surface area contributed by atoms with Gasteiger partial charge in [0.2, 0.25) is 5.91 Å². The Morgan fingerprint density at radius 3 is 2.57 bits per heavy atom. The van der Waals surface area contributed by atoms with Gasteiger partial charge in [-0.2, -0.15) is 9.78 Å². The number of carboxylic acid groups (broad SMARTS) is 1. The van der Waals surface area contributed by atoms with E-state index in [1.165, 1.54) is 4.90 Å². The van der Waals surface area contributed by atoms with Gasteiger partial charge in [0.05, 0.1) is 12.1 Å². The third-order valence-corrected chi connectivity index (χ3v) is 3.13. The predicted molar refractivity (Wildman–Crippen MR) is 72.2 cm³/mol. The van der Waals surface area contributed by atoms with Crippen LogP contribution < -0.4 is 5.56 Å². The average molecular weight is 293 g/mol. The van der Waals surface area contributed by atoms with Crippen molar-refractivity contribution < 1.29 is 14.7 Å². The molecule has 0 radical (unpaired) electrons. The minimum Gasteiger partial charge on any atom is -0.481 e. The van der Waals surface area contributed by atoms with Gasteiger partial charge in [-0.3, -0.25) is 14.4 Å². The maximum atomic E-state index is 12.2. The molecule has 0 saturated heterocycles.